The summed E-state index contributed by atoms with van der Waals surface area (Å²) in [6.07, 6.45) is 3.83. The number of piperidine rings is 3. The predicted octanol–water partition coefficient (Wildman–Crippen LogP) is 14.4. The minimum absolute atomic E-state index is 0. The first-order valence-electron chi connectivity index (χ1n) is 39.7. The van der Waals surface area contributed by atoms with Gasteiger partial charge in [-0.15, -0.1) is 0 Å². The van der Waals surface area contributed by atoms with Crippen LogP contribution in [0, 0.1) is 5.82 Å². The van der Waals surface area contributed by atoms with Gasteiger partial charge in [0.25, 0.3) is 17.7 Å². The van der Waals surface area contributed by atoms with E-state index in [9.17, 15) is 28.8 Å². The SMILES string of the molecule is C.[2H][C@@]1(N2C(=O)c3cccc4c(Cc5ccc(CN6CCN(C)CC6)cc5)ccc2c34)CCC(=C)NC1=O.[2H][C@@]1(N2C(=O)c3cccc4c(Cc5ccc(CN6CCOCC6)cc5F)ccc2c34)CCC(=C)NC1=O.[2H][C@@]1(N2C(=O)c3cccc4c(Cc5ccc(CN6Cc7ccccc7C6)cc5)ccc2c34)CCC(=C)NC1=O. The van der Waals surface area contributed by atoms with Crippen LogP contribution < -0.4 is 30.7 Å². The second-order valence-electron chi connectivity index (χ2n) is 30.3. The first-order chi connectivity index (χ1) is 54.6. The number of nitrogens with zero attached hydrogens (tertiary/aromatic N) is 7. The van der Waals surface area contributed by atoms with Gasteiger partial charge in [-0.05, 0) is 178 Å². The number of rotatable bonds is 15. The van der Waals surface area contributed by atoms with Crippen LogP contribution in [0.3, 0.4) is 0 Å². The van der Waals surface area contributed by atoms with Gasteiger partial charge in [-0.25, -0.2) is 4.39 Å². The minimum Gasteiger partial charge on any atom is -0.379 e. The number of morpholine rings is 1. The minimum atomic E-state index is -1.76. The van der Waals surface area contributed by atoms with E-state index in [1.165, 1.54) is 48.1 Å². The highest BCUT2D eigenvalue weighted by Gasteiger charge is 2.44. The number of carbonyl (C=O) groups is 6. The molecule has 18 heteroatoms. The molecule has 111 heavy (non-hydrogen) atoms. The molecule has 0 saturated carbocycles. The van der Waals surface area contributed by atoms with E-state index >= 15 is 4.39 Å². The van der Waals surface area contributed by atoms with Crippen molar-refractivity contribution in [3.8, 4) is 0 Å². The van der Waals surface area contributed by atoms with Gasteiger partial charge in [0.15, 0.2) is 0 Å². The Morgan fingerprint density at radius 2 is 0.775 bits per heavy atom. The zero-order valence-corrected chi connectivity index (χ0v) is 61.9. The summed E-state index contributed by atoms with van der Waals surface area (Å²) in [5.41, 5.74) is 17.6. The fourth-order valence-electron chi connectivity index (χ4n) is 17.1. The molecule has 0 aromatic heterocycles. The molecule has 0 spiro atoms. The van der Waals surface area contributed by atoms with Crippen molar-refractivity contribution in [3.05, 3.63) is 303 Å². The number of ether oxygens (including phenoxy) is 1. The number of fused-ring (bicyclic) bond motifs is 1. The molecule has 0 aliphatic carbocycles. The van der Waals surface area contributed by atoms with Crippen LogP contribution in [-0.2, 0) is 71.1 Å². The molecule has 10 aromatic carbocycles. The smallest absolute Gasteiger partial charge is 0.259 e. The number of nitrogens with one attached hydrogen (secondary N) is 3. The average molecular weight is 1480 g/mol. The second-order valence-corrected chi connectivity index (χ2v) is 30.3. The number of allylic oxidation sites excluding steroid dienone is 3. The highest BCUT2D eigenvalue weighted by Crippen LogP contribution is 2.46. The molecule has 6 amide bonds. The van der Waals surface area contributed by atoms with Gasteiger partial charge in [-0.1, -0.05) is 167 Å². The van der Waals surface area contributed by atoms with Gasteiger partial charge in [0, 0.05) is 128 Å². The summed E-state index contributed by atoms with van der Waals surface area (Å²) in [5.74, 6) is -2.76. The van der Waals surface area contributed by atoms with Crippen molar-refractivity contribution < 1.29 is 42.0 Å². The zero-order chi connectivity index (χ0) is 78.2. The summed E-state index contributed by atoms with van der Waals surface area (Å²) in [6, 6.07) is 55.0. The Morgan fingerprint density at radius 3 is 1.18 bits per heavy atom. The maximum absolute atomic E-state index is 15.2. The number of halogens is 1. The van der Waals surface area contributed by atoms with E-state index in [4.69, 9.17) is 8.85 Å². The first-order valence-corrected chi connectivity index (χ1v) is 38.2. The number of benzene rings is 10. The summed E-state index contributed by atoms with van der Waals surface area (Å²) in [7, 11) is 2.18. The predicted molar refractivity (Wildman–Crippen MR) is 436 cm³/mol. The van der Waals surface area contributed by atoms with Gasteiger partial charge < -0.3 is 25.6 Å². The Morgan fingerprint density at radius 1 is 0.414 bits per heavy atom. The number of piperazine rings is 1. The lowest BCUT2D eigenvalue weighted by Crippen LogP contribution is -2.51. The van der Waals surface area contributed by atoms with Crippen LogP contribution in [0.1, 0.15) is 142 Å². The number of carbonyl (C=O) groups excluding carboxylic acids is 6. The second kappa shape index (κ2) is 31.3. The number of hydrogen-bond donors (Lipinski definition) is 3. The molecular weight excluding hydrogens is 1390 g/mol. The third-order valence-corrected chi connectivity index (χ3v) is 23.0. The highest BCUT2D eigenvalue weighted by molar-refractivity contribution is 6.29. The fourth-order valence-corrected chi connectivity index (χ4v) is 17.1. The van der Waals surface area contributed by atoms with Crippen molar-refractivity contribution in [3.63, 3.8) is 0 Å². The molecule has 564 valence electrons. The van der Waals surface area contributed by atoms with E-state index < -0.39 is 35.8 Å². The Bertz CT molecular complexity index is 5600. The molecule has 17 nitrogen and oxygen atoms in total. The van der Waals surface area contributed by atoms with Gasteiger partial charge in [0.05, 0.1) is 34.4 Å². The van der Waals surface area contributed by atoms with E-state index in [1.54, 1.807) is 36.4 Å². The van der Waals surface area contributed by atoms with Crippen LogP contribution in [0.2, 0.25) is 0 Å². The lowest BCUT2D eigenvalue weighted by Gasteiger charge is -2.32. The maximum Gasteiger partial charge on any atom is 0.259 e. The van der Waals surface area contributed by atoms with E-state index in [1.807, 2.05) is 72.8 Å². The Labute approximate surface area is 651 Å². The van der Waals surface area contributed by atoms with E-state index in [0.717, 1.165) is 127 Å². The topological polar surface area (TPSA) is 170 Å². The van der Waals surface area contributed by atoms with Gasteiger partial charge in [0.2, 0.25) is 17.7 Å². The molecule has 3 N–H and O–H groups in total. The standard InChI is InChI=1S/C33H29N3O2.C30H32N4O2.C29H28FN3O3.CH4/c1-21-9-15-30(32(37)34-21)36-29-16-14-24(27-7-4-8-28(31(27)29)33(36)38)17-22-10-12-23(13-11-22)18-35-19-25-5-2-3-6-26(25)20-35;1-20-6-12-27(29(35)31-20)34-26-13-11-23(24-4-3-5-25(28(24)26)30(34)36)18-21-7-9-22(10-8-21)19-33-16-14-32(2)15-17-33;1-18-5-9-26(28(34)31-18)33-25-10-8-20(22-3-2-4-23(27(22)25)29(33)35)16-21-7-6-19(15-24(21)30)17-32-11-13-36-14-12-32;/h2-8,10-14,16,30H,1,9,15,17-20H2,(H,34,37);3-5,7-11,13,27H,1,6,12,14-19H2,2H3,(H,31,35);2-4,6-8,10,15,26H,1,5,9,11-14,16-17H2,(H,31,34);1H4/t30-;27-;26-;/m111./s1/i30D;27D;26D;. The maximum atomic E-state index is 15.2. The van der Waals surface area contributed by atoms with E-state index in [-0.39, 0.29) is 50.2 Å². The van der Waals surface area contributed by atoms with Crippen molar-refractivity contribution in [2.75, 3.05) is 74.2 Å². The summed E-state index contributed by atoms with van der Waals surface area (Å²) in [5, 5.41) is 13.2. The van der Waals surface area contributed by atoms with E-state index in [2.05, 4.69) is 135 Å². The van der Waals surface area contributed by atoms with Crippen LogP contribution in [0.4, 0.5) is 21.5 Å². The number of hydrogen-bond acceptors (Lipinski definition) is 11. The first kappa shape index (κ1) is 70.2. The van der Waals surface area contributed by atoms with Crippen LogP contribution >= 0.6 is 0 Å². The van der Waals surface area contributed by atoms with Crippen LogP contribution in [0.5, 0.6) is 0 Å². The molecule has 19 rings (SSSR count). The Hall–Kier alpha value is -11.3. The quantitative estimate of drug-likeness (QED) is 0.0892. The van der Waals surface area contributed by atoms with Crippen LogP contribution in [0.25, 0.3) is 32.3 Å². The third kappa shape index (κ3) is 14.7. The van der Waals surface area contributed by atoms with Gasteiger partial charge in [-0.2, -0.15) is 0 Å². The van der Waals surface area contributed by atoms with Crippen molar-refractivity contribution >= 4 is 84.8 Å². The molecule has 0 unspecified atom stereocenters. The molecule has 9 aliphatic rings. The molecule has 0 radical (unpaired) electrons. The van der Waals surface area contributed by atoms with Crippen molar-refractivity contribution in [2.24, 2.45) is 0 Å². The third-order valence-electron chi connectivity index (χ3n) is 23.0. The lowest BCUT2D eigenvalue weighted by molar-refractivity contribution is -0.123. The highest BCUT2D eigenvalue weighted by atomic mass is 19.1. The van der Waals surface area contributed by atoms with Crippen molar-refractivity contribution in [1.82, 2.24) is 35.6 Å². The van der Waals surface area contributed by atoms with Crippen LogP contribution in [-0.4, -0.2) is 133 Å². The van der Waals surface area contributed by atoms with E-state index in [0.29, 0.717) is 107 Å². The molecule has 9 aliphatic heterocycles. The molecule has 10 aromatic rings. The zero-order valence-electron chi connectivity index (χ0n) is 64.9. The summed E-state index contributed by atoms with van der Waals surface area (Å²) in [4.78, 5) is 92.7. The summed E-state index contributed by atoms with van der Waals surface area (Å²) in [6.45, 7) is 23.5. The average Bonchev–Trinajstić information content (AvgIpc) is 1.57. The molecule has 5 saturated heterocycles. The van der Waals surface area contributed by atoms with Gasteiger partial charge in [-0.3, -0.25) is 58.2 Å². The normalized spacial score (nSPS) is 22.2. The fraction of sp³-hybridized carbons (Fsp3) is 0.290. The van der Waals surface area contributed by atoms with Gasteiger partial charge >= 0.3 is 0 Å². The number of likely N-dealkylation sites (N-methyl/N-ethyl adjacent to an activating group) is 1. The van der Waals surface area contributed by atoms with Crippen LogP contribution in [0.15, 0.2) is 219 Å². The number of amides is 6. The molecule has 5 fully saturated rings. The Balaban J connectivity index is 0.000000128. The largest absolute Gasteiger partial charge is 0.379 e. The monoisotopic (exact) mass is 1480 g/mol. The van der Waals surface area contributed by atoms with Gasteiger partial charge in [0.1, 0.15) is 23.9 Å². The molecule has 3 atom stereocenters. The van der Waals surface area contributed by atoms with Crippen molar-refractivity contribution in [1.29, 1.82) is 0 Å². The molecular formula is C93H93FN10O7. The molecule has 9 heterocycles. The Kier molecular flexibility index (Phi) is 19.8. The molecule has 0 bridgehead atoms. The van der Waals surface area contributed by atoms with Crippen molar-refractivity contribution in [2.45, 2.75) is 116 Å². The summed E-state index contributed by atoms with van der Waals surface area (Å²) < 4.78 is 47.5. The lowest BCUT2D eigenvalue weighted by atomic mass is 9.95. The number of anilines is 3. The summed E-state index contributed by atoms with van der Waals surface area (Å²) >= 11 is 0.